The Bertz CT molecular complexity index is 94.3. The molecule has 2 unspecified atom stereocenters. The Labute approximate surface area is 69.9 Å². The summed E-state index contributed by atoms with van der Waals surface area (Å²) in [6, 6.07) is 0.689. The third-order valence-corrected chi connectivity index (χ3v) is 3.90. The summed E-state index contributed by atoms with van der Waals surface area (Å²) in [4.78, 5) is 0. The van der Waals surface area contributed by atoms with Crippen LogP contribution in [-0.2, 0) is 0 Å². The molecule has 0 amide bonds. The zero-order valence-electron chi connectivity index (χ0n) is 5.67. The molecule has 2 N–H and O–H groups in total. The Morgan fingerprint density at radius 3 is 3.10 bits per heavy atom. The fraction of sp³-hybridized carbons (Fsp3) is 0.833. The fourth-order valence-corrected chi connectivity index (χ4v) is 3.35. The van der Waals surface area contributed by atoms with Crippen molar-refractivity contribution in [1.29, 1.82) is 0 Å². The van der Waals surface area contributed by atoms with Gasteiger partial charge in [-0.1, -0.05) is 0 Å². The van der Waals surface area contributed by atoms with Gasteiger partial charge in [0.2, 0.25) is 0 Å². The van der Waals surface area contributed by atoms with E-state index in [1.807, 2.05) is 23.5 Å². The molecule has 0 aromatic carbocycles. The van der Waals surface area contributed by atoms with Gasteiger partial charge in [0, 0.05) is 30.0 Å². The first-order valence-corrected chi connectivity index (χ1v) is 5.67. The third kappa shape index (κ3) is 1.44. The van der Waals surface area contributed by atoms with Crippen molar-refractivity contribution in [3.05, 3.63) is 6.54 Å². The second kappa shape index (κ2) is 3.34. The van der Waals surface area contributed by atoms with Crippen LogP contribution in [0.2, 0.25) is 0 Å². The van der Waals surface area contributed by atoms with Crippen LogP contribution in [0.1, 0.15) is 0 Å². The van der Waals surface area contributed by atoms with E-state index < -0.39 is 0 Å². The summed E-state index contributed by atoms with van der Waals surface area (Å²) in [5.74, 6) is 3.55. The highest BCUT2D eigenvalue weighted by molar-refractivity contribution is 8.01. The van der Waals surface area contributed by atoms with Crippen molar-refractivity contribution in [3.8, 4) is 0 Å². The van der Waals surface area contributed by atoms with Gasteiger partial charge < -0.3 is 5.32 Å². The van der Waals surface area contributed by atoms with Crippen LogP contribution in [-0.4, -0.2) is 28.8 Å². The molecule has 2 heterocycles. The van der Waals surface area contributed by atoms with Crippen LogP contribution in [0.4, 0.5) is 0 Å². The quantitative estimate of drug-likeness (QED) is 0.605. The van der Waals surface area contributed by atoms with E-state index in [0.29, 0.717) is 11.4 Å². The fourth-order valence-electron chi connectivity index (χ4n) is 1.20. The standard InChI is InChI=1S/C6H11N2S2/c1-2-10-6(7-1)5-3-9-4-8-5/h1,5-8H,2-4H2. The molecule has 2 atom stereocenters. The lowest BCUT2D eigenvalue weighted by atomic mass is 10.3. The van der Waals surface area contributed by atoms with Crippen LogP contribution >= 0.6 is 23.5 Å². The van der Waals surface area contributed by atoms with Crippen molar-refractivity contribution >= 4 is 23.5 Å². The predicted molar refractivity (Wildman–Crippen MR) is 47.9 cm³/mol. The number of nitrogens with one attached hydrogen (secondary N) is 2. The molecule has 0 aromatic heterocycles. The molecule has 2 rings (SSSR count). The predicted octanol–water partition coefficient (Wildman–Crippen LogP) is 0.473. The van der Waals surface area contributed by atoms with Gasteiger partial charge in [0.1, 0.15) is 0 Å². The minimum Gasteiger partial charge on any atom is -0.302 e. The van der Waals surface area contributed by atoms with E-state index in [-0.39, 0.29) is 0 Å². The average molecular weight is 175 g/mol. The normalized spacial score (nSPS) is 40.8. The van der Waals surface area contributed by atoms with E-state index in [9.17, 15) is 0 Å². The Morgan fingerprint density at radius 1 is 1.50 bits per heavy atom. The zero-order chi connectivity index (χ0) is 6.81. The lowest BCUT2D eigenvalue weighted by molar-refractivity contribution is 0.567. The minimum atomic E-state index is 0.634. The maximum absolute atomic E-state index is 3.46. The van der Waals surface area contributed by atoms with Crippen LogP contribution in [0.5, 0.6) is 0 Å². The maximum atomic E-state index is 3.46. The van der Waals surface area contributed by atoms with Gasteiger partial charge in [0.05, 0.1) is 5.37 Å². The second-order valence-corrected chi connectivity index (χ2v) is 4.66. The van der Waals surface area contributed by atoms with Gasteiger partial charge in [-0.3, -0.25) is 5.32 Å². The van der Waals surface area contributed by atoms with E-state index in [1.165, 1.54) is 5.75 Å². The van der Waals surface area contributed by atoms with E-state index in [2.05, 4.69) is 17.2 Å². The Hall–Kier alpha value is 0.620. The van der Waals surface area contributed by atoms with Crippen molar-refractivity contribution < 1.29 is 0 Å². The maximum Gasteiger partial charge on any atom is 0.0699 e. The molecule has 2 aliphatic heterocycles. The monoisotopic (exact) mass is 175 g/mol. The van der Waals surface area contributed by atoms with Gasteiger partial charge in [-0.2, -0.15) is 0 Å². The summed E-state index contributed by atoms with van der Waals surface area (Å²) in [5.41, 5.74) is 0. The molecule has 2 aliphatic rings. The van der Waals surface area contributed by atoms with Gasteiger partial charge in [-0.05, 0) is 0 Å². The molecule has 2 fully saturated rings. The van der Waals surface area contributed by atoms with Crippen molar-refractivity contribution in [3.63, 3.8) is 0 Å². The van der Waals surface area contributed by atoms with Crippen LogP contribution < -0.4 is 10.6 Å². The molecular weight excluding hydrogens is 164 g/mol. The molecule has 2 saturated heterocycles. The van der Waals surface area contributed by atoms with E-state index in [0.717, 1.165) is 11.6 Å². The van der Waals surface area contributed by atoms with Gasteiger partial charge in [0.15, 0.2) is 0 Å². The summed E-state index contributed by atoms with van der Waals surface area (Å²) < 4.78 is 0. The van der Waals surface area contributed by atoms with E-state index >= 15 is 0 Å². The summed E-state index contributed by atoms with van der Waals surface area (Å²) in [7, 11) is 0. The molecule has 10 heavy (non-hydrogen) atoms. The highest BCUT2D eigenvalue weighted by Gasteiger charge is 2.27. The Balaban J connectivity index is 1.85. The molecule has 0 aliphatic carbocycles. The molecule has 0 bridgehead atoms. The average Bonchev–Trinajstić information content (AvgIpc) is 2.59. The first-order chi connectivity index (χ1) is 4.97. The topological polar surface area (TPSA) is 24.1 Å². The number of hydrogen-bond acceptors (Lipinski definition) is 4. The van der Waals surface area contributed by atoms with Crippen LogP contribution in [0, 0.1) is 6.54 Å². The molecule has 4 heteroatoms. The second-order valence-electron chi connectivity index (χ2n) is 2.45. The Morgan fingerprint density at radius 2 is 2.50 bits per heavy atom. The molecule has 0 saturated carbocycles. The zero-order valence-corrected chi connectivity index (χ0v) is 7.30. The van der Waals surface area contributed by atoms with Crippen molar-refractivity contribution in [2.45, 2.75) is 11.4 Å². The first-order valence-electron chi connectivity index (χ1n) is 3.47. The smallest absolute Gasteiger partial charge is 0.0699 e. The lowest BCUT2D eigenvalue weighted by Gasteiger charge is -2.16. The molecule has 57 valence electrons. The number of thioether (sulfide) groups is 2. The molecule has 0 aromatic rings. The first kappa shape index (κ1) is 7.28. The highest BCUT2D eigenvalue weighted by atomic mass is 32.2. The summed E-state index contributed by atoms with van der Waals surface area (Å²) in [6.07, 6.45) is 0. The van der Waals surface area contributed by atoms with E-state index in [4.69, 9.17) is 0 Å². The minimum absolute atomic E-state index is 0.634. The van der Waals surface area contributed by atoms with Crippen LogP contribution in [0.3, 0.4) is 0 Å². The van der Waals surface area contributed by atoms with Crippen LogP contribution in [0.15, 0.2) is 0 Å². The molecule has 1 radical (unpaired) electrons. The third-order valence-electron chi connectivity index (χ3n) is 1.75. The van der Waals surface area contributed by atoms with Gasteiger partial charge >= 0.3 is 0 Å². The Kier molecular flexibility index (Phi) is 2.43. The molecular formula is C6H11N2S2. The SMILES string of the molecule is [CH]1CSC(C2CSCN2)N1. The lowest BCUT2D eigenvalue weighted by Crippen LogP contribution is -2.40. The molecule has 0 spiro atoms. The summed E-state index contributed by atoms with van der Waals surface area (Å²) in [5, 5.41) is 7.45. The van der Waals surface area contributed by atoms with Crippen molar-refractivity contribution in [2.75, 3.05) is 17.4 Å². The number of hydrogen-bond donors (Lipinski definition) is 2. The number of rotatable bonds is 1. The largest absolute Gasteiger partial charge is 0.302 e. The van der Waals surface area contributed by atoms with Crippen molar-refractivity contribution in [2.24, 2.45) is 0 Å². The van der Waals surface area contributed by atoms with Crippen molar-refractivity contribution in [1.82, 2.24) is 10.6 Å². The summed E-state index contributed by atoms with van der Waals surface area (Å²) in [6.45, 7) is 2.15. The highest BCUT2D eigenvalue weighted by Crippen LogP contribution is 2.24. The summed E-state index contributed by atoms with van der Waals surface area (Å²) >= 11 is 3.99. The van der Waals surface area contributed by atoms with Gasteiger partial charge in [0.25, 0.3) is 0 Å². The van der Waals surface area contributed by atoms with Crippen LogP contribution in [0.25, 0.3) is 0 Å². The van der Waals surface area contributed by atoms with E-state index in [1.54, 1.807) is 0 Å². The van der Waals surface area contributed by atoms with Gasteiger partial charge in [-0.15, -0.1) is 23.5 Å². The molecule has 2 nitrogen and oxygen atoms in total. The van der Waals surface area contributed by atoms with Gasteiger partial charge in [-0.25, -0.2) is 0 Å².